The van der Waals surface area contributed by atoms with Crippen molar-refractivity contribution in [1.29, 1.82) is 0 Å². The Labute approximate surface area is 85.5 Å². The number of hydrogen-bond acceptors (Lipinski definition) is 2. The summed E-state index contributed by atoms with van der Waals surface area (Å²) in [7, 11) is 0. The molecular formula is C12H16N2. The van der Waals surface area contributed by atoms with Crippen molar-refractivity contribution in [1.82, 2.24) is 4.98 Å². The lowest BCUT2D eigenvalue weighted by atomic mass is 9.95. The van der Waals surface area contributed by atoms with E-state index >= 15 is 0 Å². The van der Waals surface area contributed by atoms with Crippen LogP contribution in [0.2, 0.25) is 0 Å². The van der Waals surface area contributed by atoms with Crippen molar-refractivity contribution in [3.8, 4) is 12.3 Å². The molecule has 1 rings (SSSR count). The van der Waals surface area contributed by atoms with Gasteiger partial charge in [0.15, 0.2) is 0 Å². The molecule has 0 aliphatic carbocycles. The first-order chi connectivity index (χ1) is 6.70. The molecule has 0 spiro atoms. The number of terminal acetylenes is 1. The average molecular weight is 188 g/mol. The van der Waals surface area contributed by atoms with Gasteiger partial charge in [0, 0.05) is 12.4 Å². The van der Waals surface area contributed by atoms with Gasteiger partial charge in [0.25, 0.3) is 0 Å². The smallest absolute Gasteiger partial charge is 0.0658 e. The number of pyridine rings is 1. The zero-order valence-corrected chi connectivity index (χ0v) is 8.75. The Bertz CT molecular complexity index is 350. The van der Waals surface area contributed by atoms with Gasteiger partial charge in [-0.3, -0.25) is 4.98 Å². The molecule has 0 saturated carbocycles. The van der Waals surface area contributed by atoms with Gasteiger partial charge in [0.1, 0.15) is 0 Å². The Morgan fingerprint density at radius 2 is 2.29 bits per heavy atom. The van der Waals surface area contributed by atoms with E-state index in [0.717, 1.165) is 18.4 Å². The van der Waals surface area contributed by atoms with Crippen molar-refractivity contribution >= 4 is 5.69 Å². The van der Waals surface area contributed by atoms with E-state index in [1.54, 1.807) is 6.20 Å². The molecule has 0 aromatic carbocycles. The maximum Gasteiger partial charge on any atom is 0.0658 e. The molecule has 0 aliphatic rings. The van der Waals surface area contributed by atoms with Crippen LogP contribution in [0, 0.1) is 12.3 Å². The van der Waals surface area contributed by atoms with Crippen LogP contribution >= 0.6 is 0 Å². The van der Waals surface area contributed by atoms with Gasteiger partial charge in [-0.05, 0) is 17.9 Å². The maximum absolute atomic E-state index is 5.94. The van der Waals surface area contributed by atoms with Gasteiger partial charge < -0.3 is 5.73 Å². The van der Waals surface area contributed by atoms with Crippen molar-refractivity contribution in [2.45, 2.75) is 32.6 Å². The Balaban J connectivity index is 3.04. The molecule has 1 unspecified atom stereocenters. The van der Waals surface area contributed by atoms with Gasteiger partial charge in [-0.25, -0.2) is 0 Å². The Morgan fingerprint density at radius 3 is 2.86 bits per heavy atom. The third kappa shape index (κ3) is 2.05. The van der Waals surface area contributed by atoms with Crippen LogP contribution < -0.4 is 5.73 Å². The van der Waals surface area contributed by atoms with Gasteiger partial charge >= 0.3 is 0 Å². The van der Waals surface area contributed by atoms with E-state index in [9.17, 15) is 0 Å². The minimum atomic E-state index is 0.431. The van der Waals surface area contributed by atoms with Gasteiger partial charge in [-0.15, -0.1) is 6.42 Å². The topological polar surface area (TPSA) is 38.9 Å². The Kier molecular flexibility index (Phi) is 3.53. The van der Waals surface area contributed by atoms with E-state index in [4.69, 9.17) is 12.2 Å². The van der Waals surface area contributed by atoms with Crippen LogP contribution in [0.5, 0.6) is 0 Å². The Hall–Kier alpha value is -1.49. The third-order valence-electron chi connectivity index (χ3n) is 2.43. The molecule has 2 N–H and O–H groups in total. The van der Waals surface area contributed by atoms with Gasteiger partial charge in [-0.2, -0.15) is 0 Å². The average Bonchev–Trinajstić information content (AvgIpc) is 2.18. The summed E-state index contributed by atoms with van der Waals surface area (Å²) in [5.41, 5.74) is 8.43. The van der Waals surface area contributed by atoms with Crippen LogP contribution in [0.4, 0.5) is 5.69 Å². The highest BCUT2D eigenvalue weighted by atomic mass is 14.7. The summed E-state index contributed by atoms with van der Waals surface area (Å²) in [5.74, 6) is 2.98. The zero-order valence-electron chi connectivity index (χ0n) is 8.75. The zero-order chi connectivity index (χ0) is 10.6. The number of nitrogens with two attached hydrogens (primary N) is 1. The monoisotopic (exact) mass is 188 g/mol. The highest BCUT2D eigenvalue weighted by Gasteiger charge is 2.10. The fourth-order valence-corrected chi connectivity index (χ4v) is 1.58. The van der Waals surface area contributed by atoms with Crippen LogP contribution in [-0.4, -0.2) is 4.98 Å². The number of nitrogen functional groups attached to an aromatic ring is 1. The summed E-state index contributed by atoms with van der Waals surface area (Å²) < 4.78 is 0. The fourth-order valence-electron chi connectivity index (χ4n) is 1.58. The Morgan fingerprint density at radius 1 is 1.57 bits per heavy atom. The standard InChI is InChI=1S/C12H16N2/c1-4-6-9(3)11-8-14-7-10(5-2)12(11)13/h2,7-9H,4,6H2,1,3H3,(H2,13,14). The van der Waals surface area contributed by atoms with E-state index < -0.39 is 0 Å². The summed E-state index contributed by atoms with van der Waals surface area (Å²) in [6, 6.07) is 0. The molecule has 2 nitrogen and oxygen atoms in total. The van der Waals surface area contributed by atoms with Gasteiger partial charge in [0.2, 0.25) is 0 Å². The van der Waals surface area contributed by atoms with Gasteiger partial charge in [-0.1, -0.05) is 26.2 Å². The molecular weight excluding hydrogens is 172 g/mol. The van der Waals surface area contributed by atoms with E-state index in [-0.39, 0.29) is 0 Å². The van der Waals surface area contributed by atoms with Crippen molar-refractivity contribution in [3.05, 3.63) is 23.5 Å². The van der Waals surface area contributed by atoms with Crippen molar-refractivity contribution in [2.75, 3.05) is 5.73 Å². The summed E-state index contributed by atoms with van der Waals surface area (Å²) in [6.45, 7) is 4.31. The van der Waals surface area contributed by atoms with Crippen LogP contribution in [-0.2, 0) is 0 Å². The van der Waals surface area contributed by atoms with E-state index in [0.29, 0.717) is 17.2 Å². The van der Waals surface area contributed by atoms with Crippen molar-refractivity contribution in [3.63, 3.8) is 0 Å². The second-order valence-corrected chi connectivity index (χ2v) is 3.52. The van der Waals surface area contributed by atoms with Crippen LogP contribution in [0.15, 0.2) is 12.4 Å². The normalized spacial score (nSPS) is 12.1. The summed E-state index contributed by atoms with van der Waals surface area (Å²) >= 11 is 0. The number of nitrogens with zero attached hydrogens (tertiary/aromatic N) is 1. The molecule has 14 heavy (non-hydrogen) atoms. The molecule has 0 saturated heterocycles. The van der Waals surface area contributed by atoms with Crippen LogP contribution in [0.25, 0.3) is 0 Å². The molecule has 0 aliphatic heterocycles. The first kappa shape index (κ1) is 10.6. The van der Waals surface area contributed by atoms with Crippen LogP contribution in [0.1, 0.15) is 43.7 Å². The molecule has 1 aromatic rings. The lowest BCUT2D eigenvalue weighted by molar-refractivity contribution is 0.664. The SMILES string of the molecule is C#Cc1cncc(C(C)CCC)c1N. The second kappa shape index (κ2) is 4.66. The van der Waals surface area contributed by atoms with E-state index in [2.05, 4.69) is 24.8 Å². The highest BCUT2D eigenvalue weighted by molar-refractivity contribution is 5.59. The predicted octanol–water partition coefficient (Wildman–Crippen LogP) is 2.55. The molecule has 0 amide bonds. The predicted molar refractivity (Wildman–Crippen MR) is 59.9 cm³/mol. The lowest BCUT2D eigenvalue weighted by Crippen LogP contribution is -2.02. The minimum Gasteiger partial charge on any atom is -0.397 e. The summed E-state index contributed by atoms with van der Waals surface area (Å²) in [5, 5.41) is 0. The number of rotatable bonds is 3. The quantitative estimate of drug-likeness (QED) is 0.740. The van der Waals surface area contributed by atoms with Crippen molar-refractivity contribution < 1.29 is 0 Å². The number of aromatic nitrogens is 1. The lowest BCUT2D eigenvalue weighted by Gasteiger charge is -2.13. The maximum atomic E-state index is 5.94. The molecule has 1 atom stereocenters. The first-order valence-corrected chi connectivity index (χ1v) is 4.90. The molecule has 0 bridgehead atoms. The largest absolute Gasteiger partial charge is 0.397 e. The van der Waals surface area contributed by atoms with Gasteiger partial charge in [0.05, 0.1) is 11.3 Å². The number of hydrogen-bond donors (Lipinski definition) is 1. The fraction of sp³-hybridized carbons (Fsp3) is 0.417. The molecule has 2 heteroatoms. The summed E-state index contributed by atoms with van der Waals surface area (Å²) in [4.78, 5) is 4.10. The molecule has 0 fully saturated rings. The molecule has 1 heterocycles. The molecule has 0 radical (unpaired) electrons. The molecule has 74 valence electrons. The minimum absolute atomic E-state index is 0.431. The number of anilines is 1. The van der Waals surface area contributed by atoms with Crippen molar-refractivity contribution in [2.24, 2.45) is 0 Å². The summed E-state index contributed by atoms with van der Waals surface area (Å²) in [6.07, 6.45) is 11.0. The van der Waals surface area contributed by atoms with E-state index in [1.807, 2.05) is 6.20 Å². The van der Waals surface area contributed by atoms with E-state index in [1.165, 1.54) is 0 Å². The highest BCUT2D eigenvalue weighted by Crippen LogP contribution is 2.26. The van der Waals surface area contributed by atoms with Crippen LogP contribution in [0.3, 0.4) is 0 Å². The second-order valence-electron chi connectivity index (χ2n) is 3.52. The molecule has 1 aromatic heterocycles. The third-order valence-corrected chi connectivity index (χ3v) is 2.43. The first-order valence-electron chi connectivity index (χ1n) is 4.90.